The Balaban J connectivity index is 2.53. The first-order valence-corrected chi connectivity index (χ1v) is 5.32. The van der Waals surface area contributed by atoms with E-state index in [0.29, 0.717) is 0 Å². The van der Waals surface area contributed by atoms with Crippen molar-refractivity contribution in [2.75, 3.05) is 0 Å². The number of rotatable bonds is 3. The van der Waals surface area contributed by atoms with Crippen molar-refractivity contribution in [1.29, 1.82) is 0 Å². The molecule has 82 valence electrons. The summed E-state index contributed by atoms with van der Waals surface area (Å²) >= 11 is 0. The van der Waals surface area contributed by atoms with E-state index in [4.69, 9.17) is 0 Å². The standard InChI is InChI=1S/C13H20N2/c1-11(14-15-13(2,3)4)10-12-8-6-5-7-9-12/h5-9,15H,10H2,1-4H3. The van der Waals surface area contributed by atoms with Gasteiger partial charge in [0, 0.05) is 17.7 Å². The van der Waals surface area contributed by atoms with E-state index in [2.05, 4.69) is 55.6 Å². The number of nitrogens with one attached hydrogen (secondary N) is 1. The van der Waals surface area contributed by atoms with E-state index in [1.807, 2.05) is 13.0 Å². The van der Waals surface area contributed by atoms with Gasteiger partial charge in [-0.05, 0) is 33.3 Å². The topological polar surface area (TPSA) is 24.4 Å². The Morgan fingerprint density at radius 3 is 2.33 bits per heavy atom. The fourth-order valence-corrected chi connectivity index (χ4v) is 1.19. The average molecular weight is 204 g/mol. The van der Waals surface area contributed by atoms with Gasteiger partial charge >= 0.3 is 0 Å². The Kier molecular flexibility index (Phi) is 3.89. The highest BCUT2D eigenvalue weighted by molar-refractivity contribution is 5.83. The summed E-state index contributed by atoms with van der Waals surface area (Å²) in [6, 6.07) is 10.4. The van der Waals surface area contributed by atoms with Gasteiger partial charge in [-0.25, -0.2) is 0 Å². The van der Waals surface area contributed by atoms with Gasteiger partial charge in [-0.2, -0.15) is 5.10 Å². The largest absolute Gasteiger partial charge is 0.305 e. The van der Waals surface area contributed by atoms with Gasteiger partial charge < -0.3 is 5.43 Å². The molecule has 2 nitrogen and oxygen atoms in total. The van der Waals surface area contributed by atoms with E-state index >= 15 is 0 Å². The summed E-state index contributed by atoms with van der Waals surface area (Å²) in [6.45, 7) is 8.36. The highest BCUT2D eigenvalue weighted by atomic mass is 15.3. The molecular weight excluding hydrogens is 184 g/mol. The van der Waals surface area contributed by atoms with Gasteiger partial charge in [0.05, 0.1) is 0 Å². The smallest absolute Gasteiger partial charge is 0.0464 e. The van der Waals surface area contributed by atoms with Crippen molar-refractivity contribution in [3.05, 3.63) is 35.9 Å². The van der Waals surface area contributed by atoms with Gasteiger partial charge in [-0.15, -0.1) is 0 Å². The lowest BCUT2D eigenvalue weighted by Crippen LogP contribution is -2.32. The second-order valence-corrected chi connectivity index (χ2v) is 4.87. The molecule has 0 fully saturated rings. The fraction of sp³-hybridized carbons (Fsp3) is 0.462. The molecule has 0 amide bonds. The number of hydrogen-bond acceptors (Lipinski definition) is 2. The monoisotopic (exact) mass is 204 g/mol. The van der Waals surface area contributed by atoms with Gasteiger partial charge in [0.2, 0.25) is 0 Å². The summed E-state index contributed by atoms with van der Waals surface area (Å²) < 4.78 is 0. The molecule has 0 atom stereocenters. The quantitative estimate of drug-likeness (QED) is 0.594. The van der Waals surface area contributed by atoms with Crippen LogP contribution in [0.2, 0.25) is 0 Å². The van der Waals surface area contributed by atoms with Crippen molar-refractivity contribution in [3.8, 4) is 0 Å². The predicted octanol–water partition coefficient (Wildman–Crippen LogP) is 2.99. The molecule has 0 bridgehead atoms. The molecule has 0 unspecified atom stereocenters. The van der Waals surface area contributed by atoms with Crippen molar-refractivity contribution in [2.24, 2.45) is 5.10 Å². The zero-order valence-corrected chi connectivity index (χ0v) is 10.0. The van der Waals surface area contributed by atoms with Gasteiger partial charge in [0.25, 0.3) is 0 Å². The molecule has 0 heterocycles. The fourth-order valence-electron chi connectivity index (χ4n) is 1.19. The predicted molar refractivity (Wildman–Crippen MR) is 66.1 cm³/mol. The summed E-state index contributed by atoms with van der Waals surface area (Å²) in [6.07, 6.45) is 0.907. The zero-order valence-electron chi connectivity index (χ0n) is 10.0. The molecule has 0 aliphatic heterocycles. The van der Waals surface area contributed by atoms with E-state index in [1.165, 1.54) is 5.56 Å². The number of hydrazone groups is 1. The normalized spacial score (nSPS) is 12.7. The van der Waals surface area contributed by atoms with Gasteiger partial charge in [0.15, 0.2) is 0 Å². The van der Waals surface area contributed by atoms with Gasteiger partial charge in [-0.1, -0.05) is 30.3 Å². The molecule has 0 aromatic heterocycles. The van der Waals surface area contributed by atoms with Crippen molar-refractivity contribution in [2.45, 2.75) is 39.7 Å². The second-order valence-electron chi connectivity index (χ2n) is 4.87. The summed E-state index contributed by atoms with van der Waals surface area (Å²) in [5.41, 5.74) is 5.58. The molecule has 2 heteroatoms. The highest BCUT2D eigenvalue weighted by Crippen LogP contribution is 2.02. The maximum atomic E-state index is 4.36. The Morgan fingerprint density at radius 1 is 1.20 bits per heavy atom. The molecule has 0 saturated carbocycles. The maximum Gasteiger partial charge on any atom is 0.0464 e. The second kappa shape index (κ2) is 4.96. The number of nitrogens with zero attached hydrogens (tertiary/aromatic N) is 1. The van der Waals surface area contributed by atoms with Crippen molar-refractivity contribution >= 4 is 5.71 Å². The van der Waals surface area contributed by atoms with Crippen LogP contribution >= 0.6 is 0 Å². The summed E-state index contributed by atoms with van der Waals surface area (Å²) in [4.78, 5) is 0. The molecule has 0 aliphatic carbocycles. The minimum Gasteiger partial charge on any atom is -0.305 e. The van der Waals surface area contributed by atoms with Crippen molar-refractivity contribution < 1.29 is 0 Å². The average Bonchev–Trinajstić information content (AvgIpc) is 2.15. The van der Waals surface area contributed by atoms with E-state index in [9.17, 15) is 0 Å². The first-order chi connectivity index (χ1) is 6.97. The summed E-state index contributed by atoms with van der Waals surface area (Å²) in [7, 11) is 0. The molecule has 1 N–H and O–H groups in total. The minimum atomic E-state index is 0.0396. The third-order valence-corrected chi connectivity index (χ3v) is 1.88. The van der Waals surface area contributed by atoms with Crippen LogP contribution in [0.3, 0.4) is 0 Å². The van der Waals surface area contributed by atoms with Crippen LogP contribution in [0.4, 0.5) is 0 Å². The number of benzene rings is 1. The molecular formula is C13H20N2. The molecule has 0 saturated heterocycles. The van der Waals surface area contributed by atoms with Crippen LogP contribution < -0.4 is 5.43 Å². The lowest BCUT2D eigenvalue weighted by molar-refractivity contribution is 0.440. The molecule has 0 radical (unpaired) electrons. The van der Waals surface area contributed by atoms with Crippen LogP contribution in [-0.2, 0) is 6.42 Å². The van der Waals surface area contributed by atoms with Crippen LogP contribution in [0.15, 0.2) is 35.4 Å². The molecule has 1 rings (SSSR count). The Bertz CT molecular complexity index is 320. The number of hydrogen-bond donors (Lipinski definition) is 1. The Hall–Kier alpha value is -1.31. The molecule has 1 aromatic carbocycles. The third-order valence-electron chi connectivity index (χ3n) is 1.88. The van der Waals surface area contributed by atoms with E-state index in [-0.39, 0.29) is 5.54 Å². The van der Waals surface area contributed by atoms with Crippen molar-refractivity contribution in [3.63, 3.8) is 0 Å². The molecule has 15 heavy (non-hydrogen) atoms. The zero-order chi connectivity index (χ0) is 11.3. The lowest BCUT2D eigenvalue weighted by atomic mass is 10.1. The SMILES string of the molecule is CC(Cc1ccccc1)=NNC(C)(C)C. The van der Waals surface area contributed by atoms with Crippen LogP contribution in [-0.4, -0.2) is 11.3 Å². The van der Waals surface area contributed by atoms with Crippen LogP contribution in [0.25, 0.3) is 0 Å². The van der Waals surface area contributed by atoms with Crippen molar-refractivity contribution in [1.82, 2.24) is 5.43 Å². The first-order valence-electron chi connectivity index (χ1n) is 5.32. The van der Waals surface area contributed by atoms with E-state index in [1.54, 1.807) is 0 Å². The minimum absolute atomic E-state index is 0.0396. The summed E-state index contributed by atoms with van der Waals surface area (Å²) in [5.74, 6) is 0. The molecule has 0 aliphatic rings. The highest BCUT2D eigenvalue weighted by Gasteiger charge is 2.06. The van der Waals surface area contributed by atoms with E-state index in [0.717, 1.165) is 12.1 Å². The summed E-state index contributed by atoms with van der Waals surface area (Å²) in [5, 5.41) is 4.36. The first kappa shape index (κ1) is 11.8. The Labute approximate surface area is 92.4 Å². The van der Waals surface area contributed by atoms with Gasteiger partial charge in [0.1, 0.15) is 0 Å². The lowest BCUT2D eigenvalue weighted by Gasteiger charge is -2.18. The Morgan fingerprint density at radius 2 is 1.80 bits per heavy atom. The van der Waals surface area contributed by atoms with Crippen LogP contribution in [0.1, 0.15) is 33.3 Å². The molecule has 1 aromatic rings. The van der Waals surface area contributed by atoms with Crippen LogP contribution in [0.5, 0.6) is 0 Å². The molecule has 0 spiro atoms. The third kappa shape index (κ3) is 5.21. The van der Waals surface area contributed by atoms with E-state index < -0.39 is 0 Å². The maximum absolute atomic E-state index is 4.36. The van der Waals surface area contributed by atoms with Gasteiger partial charge in [-0.3, -0.25) is 0 Å². The van der Waals surface area contributed by atoms with Crippen LogP contribution in [0, 0.1) is 0 Å².